The zero-order valence-corrected chi connectivity index (χ0v) is 20.3. The van der Waals surface area contributed by atoms with E-state index < -0.39 is 0 Å². The molecule has 1 amide bonds. The van der Waals surface area contributed by atoms with Gasteiger partial charge in [-0.1, -0.05) is 48.5 Å². The Balaban J connectivity index is 1.53. The molecule has 1 aromatic heterocycles. The highest BCUT2D eigenvalue weighted by Crippen LogP contribution is 2.38. The largest absolute Gasteiger partial charge is 0.496 e. The number of anilines is 1. The quantitative estimate of drug-likeness (QED) is 0.270. The molecular formula is C31H27NO3. The number of methoxy groups -OCH3 is 1. The molecule has 0 aliphatic rings. The molecule has 0 fully saturated rings. The maximum atomic E-state index is 12.8. The van der Waals surface area contributed by atoms with Gasteiger partial charge in [0.05, 0.1) is 13.4 Å². The predicted molar refractivity (Wildman–Crippen MR) is 144 cm³/mol. The van der Waals surface area contributed by atoms with Crippen molar-refractivity contribution in [3.05, 3.63) is 102 Å². The van der Waals surface area contributed by atoms with Crippen LogP contribution in [0.15, 0.2) is 89.6 Å². The Hall–Kier alpha value is -4.31. The number of aryl methyl sites for hydroxylation is 2. The SMILES string of the molecule is COc1cc2occ(-c3ccc4ccccc4c3)c2cc1/C(C)=C/C(=O)Nc1cc(C)ccc1C. The maximum Gasteiger partial charge on any atom is 0.248 e. The van der Waals surface area contributed by atoms with E-state index in [1.807, 2.05) is 63.2 Å². The van der Waals surface area contributed by atoms with Crippen molar-refractivity contribution >= 4 is 38.9 Å². The molecule has 5 rings (SSSR count). The third kappa shape index (κ3) is 4.43. The van der Waals surface area contributed by atoms with Gasteiger partial charge in [0.2, 0.25) is 5.91 Å². The van der Waals surface area contributed by atoms with Gasteiger partial charge in [-0.05, 0) is 72.0 Å². The second-order valence-corrected chi connectivity index (χ2v) is 8.89. The molecule has 1 N–H and O–H groups in total. The normalized spacial score (nSPS) is 11.7. The van der Waals surface area contributed by atoms with Gasteiger partial charge in [-0.25, -0.2) is 0 Å². The van der Waals surface area contributed by atoms with Crippen LogP contribution in [0.25, 0.3) is 38.4 Å². The third-order valence-electron chi connectivity index (χ3n) is 6.38. The van der Waals surface area contributed by atoms with E-state index in [0.29, 0.717) is 5.75 Å². The van der Waals surface area contributed by atoms with Crippen LogP contribution < -0.4 is 10.1 Å². The molecule has 0 bridgehead atoms. The zero-order chi connectivity index (χ0) is 24.5. The van der Waals surface area contributed by atoms with E-state index in [2.05, 4.69) is 35.6 Å². The fourth-order valence-electron chi connectivity index (χ4n) is 4.43. The Morgan fingerprint density at radius 3 is 2.54 bits per heavy atom. The van der Waals surface area contributed by atoms with Gasteiger partial charge in [-0.2, -0.15) is 0 Å². The fourth-order valence-corrected chi connectivity index (χ4v) is 4.43. The van der Waals surface area contributed by atoms with Crippen LogP contribution in [-0.2, 0) is 4.79 Å². The van der Waals surface area contributed by atoms with Crippen molar-refractivity contribution in [1.29, 1.82) is 0 Å². The van der Waals surface area contributed by atoms with E-state index in [1.54, 1.807) is 19.4 Å². The smallest absolute Gasteiger partial charge is 0.248 e. The number of amides is 1. The summed E-state index contributed by atoms with van der Waals surface area (Å²) < 4.78 is 11.5. The Bertz CT molecular complexity index is 1610. The van der Waals surface area contributed by atoms with Crippen LogP contribution in [0, 0.1) is 13.8 Å². The summed E-state index contributed by atoms with van der Waals surface area (Å²) in [5.74, 6) is 0.477. The van der Waals surface area contributed by atoms with Gasteiger partial charge >= 0.3 is 0 Å². The molecule has 5 aromatic rings. The number of allylic oxidation sites excluding steroid dienone is 1. The molecule has 0 aliphatic heterocycles. The molecule has 0 radical (unpaired) electrons. The number of fused-ring (bicyclic) bond motifs is 2. The molecule has 4 aromatic carbocycles. The minimum Gasteiger partial charge on any atom is -0.496 e. The first-order chi connectivity index (χ1) is 16.9. The standard InChI is InChI=1S/C31H27NO3/c1-19-9-10-20(2)28(13-19)32-31(33)14-21(3)25-16-26-27(18-35-30(26)17-29(25)34-4)24-12-11-22-7-5-6-8-23(22)15-24/h5-18H,1-4H3,(H,32,33)/b21-14+. The molecule has 0 atom stereocenters. The van der Waals surface area contributed by atoms with E-state index in [-0.39, 0.29) is 5.91 Å². The number of benzene rings is 4. The minimum atomic E-state index is -0.180. The lowest BCUT2D eigenvalue weighted by atomic mass is 9.97. The number of hydrogen-bond acceptors (Lipinski definition) is 3. The number of carbonyl (C=O) groups is 1. The van der Waals surface area contributed by atoms with Gasteiger partial charge in [0.25, 0.3) is 0 Å². The van der Waals surface area contributed by atoms with Crippen LogP contribution >= 0.6 is 0 Å². The van der Waals surface area contributed by atoms with Crippen molar-refractivity contribution in [2.45, 2.75) is 20.8 Å². The number of furan rings is 1. The molecule has 0 saturated heterocycles. The van der Waals surface area contributed by atoms with E-state index in [9.17, 15) is 4.79 Å². The maximum absolute atomic E-state index is 12.8. The molecule has 0 saturated carbocycles. The van der Waals surface area contributed by atoms with Crippen LogP contribution in [0.2, 0.25) is 0 Å². The van der Waals surface area contributed by atoms with E-state index in [0.717, 1.165) is 50.0 Å². The van der Waals surface area contributed by atoms with Crippen molar-refractivity contribution in [3.63, 3.8) is 0 Å². The first-order valence-electron chi connectivity index (χ1n) is 11.6. The molecular weight excluding hydrogens is 434 g/mol. The molecule has 4 nitrogen and oxygen atoms in total. The number of carbonyl (C=O) groups excluding carboxylic acids is 1. The van der Waals surface area contributed by atoms with Gasteiger partial charge in [0, 0.05) is 34.3 Å². The van der Waals surface area contributed by atoms with Gasteiger partial charge in [-0.3, -0.25) is 4.79 Å². The second-order valence-electron chi connectivity index (χ2n) is 8.89. The van der Waals surface area contributed by atoms with Gasteiger partial charge in [-0.15, -0.1) is 0 Å². The van der Waals surface area contributed by atoms with Crippen LogP contribution in [-0.4, -0.2) is 13.0 Å². The Kier molecular flexibility index (Phi) is 5.87. The predicted octanol–water partition coefficient (Wildman–Crippen LogP) is 7.92. The van der Waals surface area contributed by atoms with Crippen LogP contribution in [0.4, 0.5) is 5.69 Å². The van der Waals surface area contributed by atoms with Crippen molar-refractivity contribution < 1.29 is 13.9 Å². The lowest BCUT2D eigenvalue weighted by molar-refractivity contribution is -0.111. The summed E-state index contributed by atoms with van der Waals surface area (Å²) in [4.78, 5) is 12.8. The summed E-state index contributed by atoms with van der Waals surface area (Å²) in [6.07, 6.45) is 3.39. The minimum absolute atomic E-state index is 0.180. The Morgan fingerprint density at radius 1 is 0.943 bits per heavy atom. The average molecular weight is 462 g/mol. The summed E-state index contributed by atoms with van der Waals surface area (Å²) >= 11 is 0. The van der Waals surface area contributed by atoms with Gasteiger partial charge in [0.15, 0.2) is 0 Å². The summed E-state index contributed by atoms with van der Waals surface area (Å²) in [6, 6.07) is 24.6. The summed E-state index contributed by atoms with van der Waals surface area (Å²) in [6.45, 7) is 5.91. The topological polar surface area (TPSA) is 51.5 Å². The molecule has 35 heavy (non-hydrogen) atoms. The summed E-state index contributed by atoms with van der Waals surface area (Å²) in [5.41, 5.74) is 7.40. The first kappa shape index (κ1) is 22.5. The van der Waals surface area contributed by atoms with Crippen molar-refractivity contribution in [2.75, 3.05) is 12.4 Å². The third-order valence-corrected chi connectivity index (χ3v) is 6.38. The molecule has 4 heteroatoms. The number of rotatable bonds is 5. The highest BCUT2D eigenvalue weighted by Gasteiger charge is 2.15. The van der Waals surface area contributed by atoms with Crippen LogP contribution in [0.5, 0.6) is 5.75 Å². The molecule has 174 valence electrons. The molecule has 0 spiro atoms. The van der Waals surface area contributed by atoms with Crippen LogP contribution in [0.1, 0.15) is 23.6 Å². The molecule has 0 aliphatic carbocycles. The van der Waals surface area contributed by atoms with Crippen LogP contribution in [0.3, 0.4) is 0 Å². The molecule has 0 unspecified atom stereocenters. The summed E-state index contributed by atoms with van der Waals surface area (Å²) in [7, 11) is 1.63. The lowest BCUT2D eigenvalue weighted by Gasteiger charge is -2.11. The number of hydrogen-bond donors (Lipinski definition) is 1. The van der Waals surface area contributed by atoms with E-state index in [1.165, 1.54) is 10.8 Å². The first-order valence-corrected chi connectivity index (χ1v) is 11.6. The average Bonchev–Trinajstić information content (AvgIpc) is 3.28. The van der Waals surface area contributed by atoms with Gasteiger partial charge < -0.3 is 14.5 Å². The lowest BCUT2D eigenvalue weighted by Crippen LogP contribution is -2.10. The fraction of sp³-hybridized carbons (Fsp3) is 0.129. The Labute approximate surface area is 204 Å². The zero-order valence-electron chi connectivity index (χ0n) is 20.3. The highest BCUT2D eigenvalue weighted by atomic mass is 16.5. The number of nitrogens with one attached hydrogen (secondary N) is 1. The summed E-state index contributed by atoms with van der Waals surface area (Å²) in [5, 5.41) is 6.34. The van der Waals surface area contributed by atoms with Crippen molar-refractivity contribution in [1.82, 2.24) is 0 Å². The highest BCUT2D eigenvalue weighted by molar-refractivity contribution is 6.06. The number of ether oxygens (including phenoxy) is 1. The van der Waals surface area contributed by atoms with Gasteiger partial charge in [0.1, 0.15) is 11.3 Å². The Morgan fingerprint density at radius 2 is 1.74 bits per heavy atom. The van der Waals surface area contributed by atoms with E-state index >= 15 is 0 Å². The van der Waals surface area contributed by atoms with Crippen molar-refractivity contribution in [2.24, 2.45) is 0 Å². The second kappa shape index (κ2) is 9.15. The monoisotopic (exact) mass is 461 g/mol. The molecule has 1 heterocycles. The van der Waals surface area contributed by atoms with Crippen molar-refractivity contribution in [3.8, 4) is 16.9 Å². The van der Waals surface area contributed by atoms with E-state index in [4.69, 9.17) is 9.15 Å².